The molecule has 8 heteroatoms. The minimum absolute atomic E-state index is 0.116. The number of hydrogen-bond acceptors (Lipinski definition) is 6. The number of pyridine rings is 1. The number of carbonyl (C=O) groups excluding carboxylic acids is 1. The van der Waals surface area contributed by atoms with Crippen molar-refractivity contribution in [3.05, 3.63) is 58.4 Å². The van der Waals surface area contributed by atoms with Crippen LogP contribution >= 0.6 is 11.6 Å². The number of aromatic nitrogens is 1. The monoisotopic (exact) mass is 505 g/mol. The summed E-state index contributed by atoms with van der Waals surface area (Å²) in [5, 5.41) is 16.0. The average molecular weight is 506 g/mol. The minimum Gasteiger partial charge on any atom is -0.489 e. The van der Waals surface area contributed by atoms with Crippen molar-refractivity contribution in [2.24, 2.45) is 10.8 Å². The van der Waals surface area contributed by atoms with Crippen LogP contribution < -0.4 is 15.4 Å². The summed E-state index contributed by atoms with van der Waals surface area (Å²) in [4.78, 5) is 19.7. The second-order valence-electron chi connectivity index (χ2n) is 10.6. The Balaban J connectivity index is 1.37. The summed E-state index contributed by atoms with van der Waals surface area (Å²) >= 11 is 6.18. The molecule has 2 aliphatic rings. The topological polar surface area (TPSA) is 90.3 Å². The second-order valence-corrected chi connectivity index (χ2v) is 11.0. The number of hydrogen-bond donors (Lipinski definition) is 2. The summed E-state index contributed by atoms with van der Waals surface area (Å²) in [6.45, 7) is 13.0. The van der Waals surface area contributed by atoms with Crippen molar-refractivity contribution in [1.82, 2.24) is 20.5 Å². The molecule has 0 radical (unpaired) electrons. The first-order chi connectivity index (χ1) is 17.1. The van der Waals surface area contributed by atoms with E-state index in [1.165, 1.54) is 0 Å². The number of nitrogens with zero attached hydrogens (tertiary/aromatic N) is 3. The van der Waals surface area contributed by atoms with Gasteiger partial charge in [-0.3, -0.25) is 9.69 Å². The van der Waals surface area contributed by atoms with Crippen molar-refractivity contribution in [2.45, 2.75) is 39.8 Å². The molecule has 1 saturated heterocycles. The van der Waals surface area contributed by atoms with Gasteiger partial charge in [0.05, 0.1) is 22.7 Å². The van der Waals surface area contributed by atoms with Gasteiger partial charge in [0.25, 0.3) is 5.91 Å². The fourth-order valence-electron chi connectivity index (χ4n) is 5.52. The van der Waals surface area contributed by atoms with Crippen LogP contribution in [-0.2, 0) is 0 Å². The van der Waals surface area contributed by atoms with Gasteiger partial charge in [0, 0.05) is 55.3 Å². The van der Waals surface area contributed by atoms with Gasteiger partial charge in [0.1, 0.15) is 23.6 Å². The van der Waals surface area contributed by atoms with Crippen molar-refractivity contribution in [2.75, 3.05) is 32.7 Å². The van der Waals surface area contributed by atoms with Gasteiger partial charge in [-0.2, -0.15) is 5.26 Å². The fraction of sp³-hybridized carbons (Fsp3) is 0.464. The molecule has 188 valence electrons. The van der Waals surface area contributed by atoms with Gasteiger partial charge in [-0.05, 0) is 30.2 Å². The maximum Gasteiger partial charge on any atom is 0.253 e. The normalized spacial score (nSPS) is 22.3. The van der Waals surface area contributed by atoms with Crippen LogP contribution in [0.25, 0.3) is 0 Å². The van der Waals surface area contributed by atoms with Crippen molar-refractivity contribution in [1.29, 1.82) is 5.26 Å². The van der Waals surface area contributed by atoms with Crippen LogP contribution in [0.3, 0.4) is 0 Å². The molecule has 2 fully saturated rings. The van der Waals surface area contributed by atoms with E-state index in [4.69, 9.17) is 21.6 Å². The molecule has 2 aromatic rings. The standard InChI is InChI=1S/C28H32ClN5O2/c1-27(2)25(28(3,4)26(27)36-22-10-8-19(17-30)23(29)16-22)33-24(35)20-7-9-21(32-18-20)6-5-13-34-14-11-31-12-15-34/h7-10,16,18,25-26,31H,11-15H2,1-4H3,(H,33,35)/t25-,26-. The van der Waals surface area contributed by atoms with E-state index in [0.29, 0.717) is 27.6 Å². The Bertz CT molecular complexity index is 1200. The van der Waals surface area contributed by atoms with Gasteiger partial charge < -0.3 is 15.4 Å². The molecular formula is C28H32ClN5O2. The van der Waals surface area contributed by atoms with Gasteiger partial charge in [-0.15, -0.1) is 0 Å². The highest BCUT2D eigenvalue weighted by molar-refractivity contribution is 6.31. The van der Waals surface area contributed by atoms with E-state index in [1.54, 1.807) is 36.5 Å². The average Bonchev–Trinajstić information content (AvgIpc) is 2.86. The van der Waals surface area contributed by atoms with E-state index >= 15 is 0 Å². The van der Waals surface area contributed by atoms with Gasteiger partial charge in [-0.25, -0.2) is 4.98 Å². The van der Waals surface area contributed by atoms with Crippen molar-refractivity contribution < 1.29 is 9.53 Å². The molecule has 1 aromatic carbocycles. The largest absolute Gasteiger partial charge is 0.489 e. The molecule has 1 amide bonds. The Morgan fingerprint density at radius 1 is 1.22 bits per heavy atom. The van der Waals surface area contributed by atoms with Gasteiger partial charge >= 0.3 is 0 Å². The highest BCUT2D eigenvalue weighted by Gasteiger charge is 2.64. The lowest BCUT2D eigenvalue weighted by Crippen LogP contribution is -2.74. The zero-order valence-electron chi connectivity index (χ0n) is 21.2. The molecule has 1 saturated carbocycles. The molecule has 4 rings (SSSR count). The third-order valence-electron chi connectivity index (χ3n) is 7.18. The molecule has 1 aromatic heterocycles. The molecule has 36 heavy (non-hydrogen) atoms. The van der Waals surface area contributed by atoms with Crippen LogP contribution in [0.5, 0.6) is 5.75 Å². The zero-order chi connectivity index (χ0) is 25.9. The molecule has 2 heterocycles. The van der Waals surface area contributed by atoms with E-state index in [2.05, 4.69) is 66.1 Å². The molecule has 0 atom stereocenters. The first-order valence-electron chi connectivity index (χ1n) is 12.2. The number of amides is 1. The van der Waals surface area contributed by atoms with E-state index in [0.717, 1.165) is 32.7 Å². The van der Waals surface area contributed by atoms with Gasteiger partial charge in [0.15, 0.2) is 0 Å². The van der Waals surface area contributed by atoms with Crippen LogP contribution in [0, 0.1) is 34.0 Å². The molecule has 0 spiro atoms. The summed E-state index contributed by atoms with van der Waals surface area (Å²) in [6.07, 6.45) is 1.42. The quantitative estimate of drug-likeness (QED) is 0.605. The number of piperazine rings is 1. The first-order valence-corrected chi connectivity index (χ1v) is 12.6. The summed E-state index contributed by atoms with van der Waals surface area (Å²) in [6, 6.07) is 10.6. The number of rotatable bonds is 5. The van der Waals surface area contributed by atoms with Crippen molar-refractivity contribution in [3.8, 4) is 23.7 Å². The number of nitrogens with one attached hydrogen (secondary N) is 2. The van der Waals surface area contributed by atoms with E-state index < -0.39 is 0 Å². The molecule has 1 aliphatic heterocycles. The van der Waals surface area contributed by atoms with E-state index in [9.17, 15) is 4.79 Å². The number of carbonyl (C=O) groups is 1. The van der Waals surface area contributed by atoms with Crippen molar-refractivity contribution >= 4 is 17.5 Å². The summed E-state index contributed by atoms with van der Waals surface area (Å²) in [5.41, 5.74) is 0.898. The lowest BCUT2D eigenvalue weighted by atomic mass is 9.49. The number of ether oxygens (including phenoxy) is 1. The maximum absolute atomic E-state index is 13.0. The molecule has 0 bridgehead atoms. The van der Waals surface area contributed by atoms with E-state index in [-0.39, 0.29) is 28.9 Å². The smallest absolute Gasteiger partial charge is 0.253 e. The predicted molar refractivity (Wildman–Crippen MR) is 140 cm³/mol. The molecule has 0 unspecified atom stereocenters. The Hall–Kier alpha value is -3.10. The summed E-state index contributed by atoms with van der Waals surface area (Å²) in [5.74, 6) is 6.69. The summed E-state index contributed by atoms with van der Waals surface area (Å²) < 4.78 is 6.30. The van der Waals surface area contributed by atoms with Crippen molar-refractivity contribution in [3.63, 3.8) is 0 Å². The Morgan fingerprint density at radius 3 is 2.56 bits per heavy atom. The molecule has 1 aliphatic carbocycles. The third kappa shape index (κ3) is 5.34. The maximum atomic E-state index is 13.0. The van der Waals surface area contributed by atoms with E-state index in [1.807, 2.05) is 0 Å². The second kappa shape index (κ2) is 10.5. The summed E-state index contributed by atoms with van der Waals surface area (Å²) in [7, 11) is 0. The van der Waals surface area contributed by atoms with Crippen LogP contribution in [0.2, 0.25) is 5.02 Å². The highest BCUT2D eigenvalue weighted by Crippen LogP contribution is 2.55. The lowest BCUT2D eigenvalue weighted by Gasteiger charge is -2.63. The fourth-order valence-corrected chi connectivity index (χ4v) is 5.74. The van der Waals surface area contributed by atoms with Crippen LogP contribution in [0.15, 0.2) is 36.5 Å². The minimum atomic E-state index is -0.331. The zero-order valence-corrected chi connectivity index (χ0v) is 21.9. The van der Waals surface area contributed by atoms with Crippen LogP contribution in [-0.4, -0.2) is 60.7 Å². The molecule has 7 nitrogen and oxygen atoms in total. The van der Waals surface area contributed by atoms with Crippen LogP contribution in [0.1, 0.15) is 49.3 Å². The van der Waals surface area contributed by atoms with Crippen LogP contribution in [0.4, 0.5) is 0 Å². The number of benzene rings is 1. The highest BCUT2D eigenvalue weighted by atomic mass is 35.5. The number of nitriles is 1. The Labute approximate surface area is 218 Å². The third-order valence-corrected chi connectivity index (χ3v) is 7.50. The van der Waals surface area contributed by atoms with Gasteiger partial charge in [0.2, 0.25) is 0 Å². The molecule has 2 N–H and O–H groups in total. The Morgan fingerprint density at radius 2 is 1.94 bits per heavy atom. The molecular weight excluding hydrogens is 474 g/mol. The lowest BCUT2D eigenvalue weighted by molar-refractivity contribution is -0.164. The Kier molecular flexibility index (Phi) is 7.57. The SMILES string of the molecule is CC1(C)[C@H](NC(=O)c2ccc(C#CCN3CCNCC3)nc2)C(C)(C)[C@H]1Oc1ccc(C#N)c(Cl)c1. The van der Waals surface area contributed by atoms with Gasteiger partial charge in [-0.1, -0.05) is 45.2 Å². The number of halogens is 1. The first kappa shape index (κ1) is 26.0. The predicted octanol–water partition coefficient (Wildman–Crippen LogP) is 3.48.